The molecule has 9 nitrogen and oxygen atoms in total. The fourth-order valence-corrected chi connectivity index (χ4v) is 3.87. The number of alkyl halides is 1. The van der Waals surface area contributed by atoms with Gasteiger partial charge in [-0.2, -0.15) is 14.4 Å². The summed E-state index contributed by atoms with van der Waals surface area (Å²) in [5.74, 6) is -2.27. The third kappa shape index (κ3) is 5.41. The molecule has 0 unspecified atom stereocenters. The zero-order valence-electron chi connectivity index (χ0n) is 15.7. The van der Waals surface area contributed by atoms with Gasteiger partial charge in [-0.25, -0.2) is 9.45 Å². The molecule has 0 radical (unpaired) electrons. The number of halogens is 3. The second-order valence-corrected chi connectivity index (χ2v) is 7.74. The van der Waals surface area contributed by atoms with E-state index in [-0.39, 0.29) is 43.0 Å². The average molecular weight is 433 g/mol. The summed E-state index contributed by atoms with van der Waals surface area (Å²) in [6.07, 6.45) is 3.78. The number of carbonyl (C=O) groups is 2. The lowest BCUT2D eigenvalue weighted by atomic mass is 9.92. The highest BCUT2D eigenvalue weighted by atomic mass is 35.5. The van der Waals surface area contributed by atoms with Crippen LogP contribution in [0.4, 0.5) is 20.4 Å². The number of nitrogens with zero attached hydrogens (tertiary/aromatic N) is 4. The van der Waals surface area contributed by atoms with Crippen LogP contribution in [0.25, 0.3) is 0 Å². The number of nitrogens with one attached hydrogen (secondary N) is 2. The summed E-state index contributed by atoms with van der Waals surface area (Å²) < 4.78 is 27.7. The molecule has 3 rings (SSSR count). The van der Waals surface area contributed by atoms with Crippen molar-refractivity contribution in [3.05, 3.63) is 11.1 Å². The van der Waals surface area contributed by atoms with Crippen molar-refractivity contribution in [3.8, 4) is 0 Å². The first-order chi connectivity index (χ1) is 13.9. The predicted molar refractivity (Wildman–Crippen MR) is 100 cm³/mol. The Morgan fingerprint density at radius 1 is 1.38 bits per heavy atom. The molecular weight excluding hydrogens is 410 g/mol. The Morgan fingerprint density at radius 3 is 2.69 bits per heavy atom. The minimum absolute atomic E-state index is 0.00243. The van der Waals surface area contributed by atoms with Gasteiger partial charge in [0.05, 0.1) is 25.6 Å². The van der Waals surface area contributed by atoms with E-state index in [0.717, 1.165) is 25.7 Å². The lowest BCUT2D eigenvalue weighted by Gasteiger charge is -2.35. The fourth-order valence-electron chi connectivity index (χ4n) is 3.70. The molecule has 1 aromatic rings. The summed E-state index contributed by atoms with van der Waals surface area (Å²) in [5.41, 5.74) is 4.74. The van der Waals surface area contributed by atoms with E-state index in [2.05, 4.69) is 20.8 Å². The van der Waals surface area contributed by atoms with Gasteiger partial charge in [-0.3, -0.25) is 25.6 Å². The molecule has 0 spiro atoms. The summed E-state index contributed by atoms with van der Waals surface area (Å²) in [6, 6.07) is 0. The second-order valence-electron chi connectivity index (χ2n) is 7.41. The highest BCUT2D eigenvalue weighted by molar-refractivity contribution is 6.28. The minimum atomic E-state index is -1.06. The van der Waals surface area contributed by atoms with E-state index in [1.165, 1.54) is 4.90 Å². The third-order valence-electron chi connectivity index (χ3n) is 5.24. The van der Waals surface area contributed by atoms with Crippen molar-refractivity contribution in [2.45, 2.75) is 38.3 Å². The van der Waals surface area contributed by atoms with Crippen LogP contribution in [0.1, 0.15) is 32.1 Å². The zero-order chi connectivity index (χ0) is 21.0. The first-order valence-electron chi connectivity index (χ1n) is 9.46. The molecule has 1 atom stereocenters. The van der Waals surface area contributed by atoms with Crippen molar-refractivity contribution >= 4 is 35.6 Å². The number of hydroxylamine groups is 2. The Labute approximate surface area is 171 Å². The maximum absolute atomic E-state index is 14.6. The van der Waals surface area contributed by atoms with Gasteiger partial charge in [0.2, 0.25) is 23.4 Å². The number of rotatable bonds is 9. The molecule has 2 aliphatic rings. The molecule has 1 aliphatic heterocycles. The van der Waals surface area contributed by atoms with Crippen LogP contribution in [-0.4, -0.2) is 58.4 Å². The molecule has 2 heterocycles. The number of hydrazine groups is 1. The molecule has 12 heteroatoms. The van der Waals surface area contributed by atoms with Gasteiger partial charge >= 0.3 is 0 Å². The van der Waals surface area contributed by atoms with E-state index in [1.807, 2.05) is 0 Å². The molecule has 1 aliphatic carbocycles. The lowest BCUT2D eigenvalue weighted by Crippen LogP contribution is -2.49. The maximum Gasteiger partial charge on any atom is 0.243 e. The van der Waals surface area contributed by atoms with Crippen LogP contribution in [0, 0.1) is 17.7 Å². The van der Waals surface area contributed by atoms with Crippen LogP contribution >= 0.6 is 11.6 Å². The number of hydrogen-bond acceptors (Lipinski definition) is 7. The fraction of sp³-hybridized carbons (Fsp3) is 0.647. The van der Waals surface area contributed by atoms with E-state index in [1.54, 1.807) is 0 Å². The molecule has 1 saturated heterocycles. The Balaban J connectivity index is 1.66. The molecule has 1 aromatic heterocycles. The summed E-state index contributed by atoms with van der Waals surface area (Å²) >= 11 is 5.82. The first kappa shape index (κ1) is 21.4. The van der Waals surface area contributed by atoms with Gasteiger partial charge in [-0.15, -0.1) is 0 Å². The SMILES string of the molecule is O=CN(O)C[C@H](CC1CCCC1)C(=O)NNc1nc(Cl)nc(N2CC(F)C2)c1F. The first-order valence-corrected chi connectivity index (χ1v) is 9.84. The maximum atomic E-state index is 14.6. The van der Waals surface area contributed by atoms with Gasteiger partial charge < -0.3 is 4.90 Å². The van der Waals surface area contributed by atoms with Crippen molar-refractivity contribution in [2.75, 3.05) is 30.0 Å². The molecular formula is C17H23ClF2N6O3. The van der Waals surface area contributed by atoms with E-state index in [0.29, 0.717) is 17.4 Å². The molecule has 29 heavy (non-hydrogen) atoms. The van der Waals surface area contributed by atoms with Crippen LogP contribution in [0.2, 0.25) is 5.28 Å². The number of aromatic nitrogens is 2. The van der Waals surface area contributed by atoms with Gasteiger partial charge in [0.15, 0.2) is 11.6 Å². The zero-order valence-corrected chi connectivity index (χ0v) is 16.4. The minimum Gasteiger partial charge on any atom is -0.348 e. The Morgan fingerprint density at radius 2 is 2.07 bits per heavy atom. The summed E-state index contributed by atoms with van der Waals surface area (Å²) in [7, 11) is 0. The van der Waals surface area contributed by atoms with E-state index in [4.69, 9.17) is 11.6 Å². The molecule has 2 fully saturated rings. The van der Waals surface area contributed by atoms with Crippen LogP contribution in [-0.2, 0) is 9.59 Å². The van der Waals surface area contributed by atoms with Crippen molar-refractivity contribution < 1.29 is 23.6 Å². The summed E-state index contributed by atoms with van der Waals surface area (Å²) in [6.45, 7) is -0.188. The summed E-state index contributed by atoms with van der Waals surface area (Å²) in [5, 5.41) is 9.65. The number of amides is 2. The standard InChI is InChI=1S/C17H23ClF2N6O3/c18-17-21-14(13(20)15(22-17)25-7-12(19)8-25)23-24-16(28)11(6-26(29)9-27)5-10-3-1-2-4-10/h9-12,29H,1-8H2,(H,24,28)(H,21,22,23)/t11-/m0/s1. The Hall–Kier alpha value is -2.27. The lowest BCUT2D eigenvalue weighted by molar-refractivity contribution is -0.154. The summed E-state index contributed by atoms with van der Waals surface area (Å²) in [4.78, 5) is 32.2. The second kappa shape index (κ2) is 9.49. The average Bonchev–Trinajstić information content (AvgIpc) is 3.18. The van der Waals surface area contributed by atoms with Crippen LogP contribution in [0.5, 0.6) is 0 Å². The van der Waals surface area contributed by atoms with Crippen molar-refractivity contribution in [1.82, 2.24) is 20.5 Å². The Bertz CT molecular complexity index is 746. The highest BCUT2D eigenvalue weighted by Crippen LogP contribution is 2.31. The van der Waals surface area contributed by atoms with Gasteiger partial charge in [0, 0.05) is 0 Å². The molecule has 3 N–H and O–H groups in total. The van der Waals surface area contributed by atoms with Gasteiger partial charge in [0.1, 0.15) is 6.17 Å². The highest BCUT2D eigenvalue weighted by Gasteiger charge is 2.32. The number of anilines is 2. The van der Waals surface area contributed by atoms with Gasteiger partial charge in [0.25, 0.3) is 0 Å². The smallest absolute Gasteiger partial charge is 0.243 e. The van der Waals surface area contributed by atoms with Crippen LogP contribution in [0.15, 0.2) is 0 Å². The molecule has 0 aromatic carbocycles. The molecule has 160 valence electrons. The third-order valence-corrected chi connectivity index (χ3v) is 5.41. The van der Waals surface area contributed by atoms with E-state index < -0.39 is 23.8 Å². The van der Waals surface area contributed by atoms with Crippen molar-refractivity contribution in [2.24, 2.45) is 11.8 Å². The van der Waals surface area contributed by atoms with Crippen molar-refractivity contribution in [1.29, 1.82) is 0 Å². The quantitative estimate of drug-likeness (QED) is 0.236. The van der Waals surface area contributed by atoms with Crippen LogP contribution < -0.4 is 15.8 Å². The molecule has 1 saturated carbocycles. The number of hydrogen-bond donors (Lipinski definition) is 3. The predicted octanol–water partition coefficient (Wildman–Crippen LogP) is 1.91. The molecule has 0 bridgehead atoms. The van der Waals surface area contributed by atoms with Gasteiger partial charge in [-0.05, 0) is 23.9 Å². The monoisotopic (exact) mass is 432 g/mol. The largest absolute Gasteiger partial charge is 0.348 e. The van der Waals surface area contributed by atoms with E-state index in [9.17, 15) is 23.6 Å². The molecule has 2 amide bonds. The number of carbonyl (C=O) groups excluding carboxylic acids is 2. The normalized spacial score (nSPS) is 18.3. The topological polar surface area (TPSA) is 111 Å². The van der Waals surface area contributed by atoms with Gasteiger partial charge in [-0.1, -0.05) is 25.7 Å². The van der Waals surface area contributed by atoms with Crippen molar-refractivity contribution in [3.63, 3.8) is 0 Å². The van der Waals surface area contributed by atoms with E-state index >= 15 is 0 Å². The Kier molecular flexibility index (Phi) is 7.01. The van der Waals surface area contributed by atoms with Crippen LogP contribution in [0.3, 0.4) is 0 Å².